The summed E-state index contributed by atoms with van der Waals surface area (Å²) in [5.41, 5.74) is 2.13. The standard InChI is InChI=1S/C12H16O3.2C11H14O2.C10H12O2.C9H16O2.C8H16O2.C7H14O2.C7H12O2.2C6H12O2.C5H10O2/c1-9(2)12(13)15-8-10-4-6-11(14-3)7-5-10;2*1-9(2)11(12)13-8-10-6-4-3-5-7-10;1-8(2)10(11)12-9-6-4-3-5-7-9;1-6-9(4,5)11-8(10)7(2)3;1-6(2)7(9)10-8(3,4)5;2*1-4-5-9-7(8)6(2)3;2*1-4-8-6(7)5(2)3;1-4(2)5(6)7-3/h4-7,9H,8H2,1-3H3;2*3-7,9H,8H2,1-2H3;3-8H,1-2H3;6-7H,1H2,2-5H3;6H,1-5H3;6H,4-5H2,1-3H3;4,6H,1,5H2,2-3H3;2*5H,4H2,1-3H3;4H,1-3H3. The Balaban J connectivity index is -0.000000225. The zero-order valence-electron chi connectivity index (χ0n) is 75.9. The molecule has 0 heterocycles. The zero-order valence-corrected chi connectivity index (χ0v) is 75.9. The average Bonchev–Trinajstić information content (AvgIpc) is 0.913. The van der Waals surface area contributed by atoms with E-state index in [0.717, 1.165) is 28.9 Å². The highest BCUT2D eigenvalue weighted by Gasteiger charge is 2.21. The fourth-order valence-corrected chi connectivity index (χ4v) is 5.93. The van der Waals surface area contributed by atoms with Gasteiger partial charge in [0.2, 0.25) is 0 Å². The molecule has 115 heavy (non-hydrogen) atoms. The van der Waals surface area contributed by atoms with Gasteiger partial charge in [-0.05, 0) is 102 Å². The second-order valence-corrected chi connectivity index (χ2v) is 30.0. The van der Waals surface area contributed by atoms with Crippen LogP contribution < -0.4 is 9.47 Å². The molecule has 4 rings (SSSR count). The van der Waals surface area contributed by atoms with E-state index in [9.17, 15) is 52.7 Å². The van der Waals surface area contributed by atoms with Crippen molar-refractivity contribution >= 4 is 65.7 Å². The van der Waals surface area contributed by atoms with Crippen molar-refractivity contribution in [3.8, 4) is 11.5 Å². The molecule has 0 unspecified atom stereocenters. The van der Waals surface area contributed by atoms with Crippen LogP contribution in [0.2, 0.25) is 0 Å². The first-order chi connectivity index (χ1) is 53.3. The third-order valence-electron chi connectivity index (χ3n) is 13.0. The number of hydrogen-bond donors (Lipinski definition) is 0. The maximum atomic E-state index is 11.2. The Morgan fingerprint density at radius 3 is 0.835 bits per heavy atom. The first kappa shape index (κ1) is 119. The minimum atomic E-state index is -0.540. The quantitative estimate of drug-likeness (QED) is 0.0232. The van der Waals surface area contributed by atoms with Crippen molar-refractivity contribution in [2.24, 2.45) is 65.1 Å². The van der Waals surface area contributed by atoms with Gasteiger partial charge in [0.15, 0.2) is 0 Å². The number of carbonyl (C=O) groups is 11. The summed E-state index contributed by atoms with van der Waals surface area (Å²) in [6, 6.07) is 35.9. The van der Waals surface area contributed by atoms with Crippen LogP contribution in [-0.4, -0.2) is 118 Å². The molecule has 0 N–H and O–H groups in total. The lowest BCUT2D eigenvalue weighted by atomic mass is 10.1. The van der Waals surface area contributed by atoms with Crippen LogP contribution in [-0.2, 0) is 120 Å². The molecule has 0 radical (unpaired) electrons. The fourth-order valence-electron chi connectivity index (χ4n) is 5.93. The lowest BCUT2D eigenvalue weighted by Crippen LogP contribution is -2.27. The van der Waals surface area contributed by atoms with E-state index in [4.69, 9.17) is 42.6 Å². The molecule has 4 aromatic carbocycles. The van der Waals surface area contributed by atoms with E-state index in [0.29, 0.717) is 52.0 Å². The van der Waals surface area contributed by atoms with Crippen LogP contribution in [0.4, 0.5) is 0 Å². The molecule has 0 saturated carbocycles. The van der Waals surface area contributed by atoms with Gasteiger partial charge in [0.1, 0.15) is 49.1 Å². The van der Waals surface area contributed by atoms with E-state index in [1.54, 1.807) is 86.8 Å². The first-order valence-corrected chi connectivity index (χ1v) is 39.3. The Hall–Kier alpha value is -9.67. The van der Waals surface area contributed by atoms with Crippen LogP contribution in [0.3, 0.4) is 0 Å². The SMILES string of the molecule is C=CC(C)(C)OC(=O)C(C)C.C=CCOC(=O)C(C)C.CC(C)C(=O)OC(C)(C)C.CC(C)C(=O)OCc1ccccc1.CC(C)C(=O)OCc1ccccc1.CC(C)C(=O)Oc1ccccc1.CCCOC(=O)C(C)C.CCOC(=O)C(C)C.CCOC(=O)C(C)C.COC(=O)C(C)C.COc1ccc(COC(=O)C(C)C)cc1. The fraction of sp³-hybridized carbons (Fsp3) is 0.576. The molecule has 0 aliphatic rings. The van der Waals surface area contributed by atoms with Gasteiger partial charge >= 0.3 is 65.7 Å². The van der Waals surface area contributed by atoms with E-state index in [1.807, 2.05) is 255 Å². The highest BCUT2D eigenvalue weighted by atomic mass is 16.6. The summed E-state index contributed by atoms with van der Waals surface area (Å²) in [6.45, 7) is 64.6. The number of ether oxygens (including phenoxy) is 12. The minimum absolute atomic E-state index is 0.00463. The predicted molar refractivity (Wildman–Crippen MR) is 454 cm³/mol. The van der Waals surface area contributed by atoms with Gasteiger partial charge in [-0.2, -0.15) is 0 Å². The van der Waals surface area contributed by atoms with E-state index in [-0.39, 0.29) is 136 Å². The number of hydrogen-bond acceptors (Lipinski definition) is 23. The summed E-state index contributed by atoms with van der Waals surface area (Å²) < 4.78 is 58.6. The highest BCUT2D eigenvalue weighted by Crippen LogP contribution is 2.16. The smallest absolute Gasteiger partial charge is 0.313 e. The van der Waals surface area contributed by atoms with Crippen molar-refractivity contribution in [2.75, 3.05) is 40.6 Å². The lowest BCUT2D eigenvalue weighted by Gasteiger charge is -2.21. The number of methoxy groups -OCH3 is 2. The molecular weight excluding hydrogens is 1470 g/mol. The molecule has 0 bridgehead atoms. The molecule has 0 saturated heterocycles. The molecule has 23 heteroatoms. The predicted octanol–water partition coefficient (Wildman–Crippen LogP) is 19.7. The Labute approximate surface area is 691 Å². The van der Waals surface area contributed by atoms with Gasteiger partial charge in [0.25, 0.3) is 0 Å². The third kappa shape index (κ3) is 78.0. The van der Waals surface area contributed by atoms with Crippen molar-refractivity contribution in [3.63, 3.8) is 0 Å². The number of benzene rings is 4. The average molecular weight is 1620 g/mol. The maximum absolute atomic E-state index is 11.2. The van der Waals surface area contributed by atoms with Crippen molar-refractivity contribution in [2.45, 2.75) is 245 Å². The molecule has 0 aliphatic carbocycles. The monoisotopic (exact) mass is 1620 g/mol. The molecule has 0 atom stereocenters. The zero-order chi connectivity index (χ0) is 90.6. The topological polar surface area (TPSA) is 299 Å². The summed E-state index contributed by atoms with van der Waals surface area (Å²) in [5, 5.41) is 0. The Bertz CT molecular complexity index is 3130. The van der Waals surface area contributed by atoms with Crippen LogP contribution in [0.1, 0.15) is 231 Å². The molecule has 0 aliphatic heterocycles. The second kappa shape index (κ2) is 72.1. The summed E-state index contributed by atoms with van der Waals surface area (Å²) in [5.74, 6) is -0.607. The summed E-state index contributed by atoms with van der Waals surface area (Å²) in [6.07, 6.45) is 4.08. The number of carbonyl (C=O) groups excluding carboxylic acids is 11. The van der Waals surface area contributed by atoms with Crippen molar-refractivity contribution in [1.29, 1.82) is 0 Å². The lowest BCUT2D eigenvalue weighted by molar-refractivity contribution is -0.159. The molecule has 23 nitrogen and oxygen atoms in total. The van der Waals surface area contributed by atoms with Gasteiger partial charge in [0.05, 0.1) is 99.1 Å². The summed E-state index contributed by atoms with van der Waals surface area (Å²) in [7, 11) is 3.01. The van der Waals surface area contributed by atoms with Gasteiger partial charge in [-0.3, -0.25) is 52.7 Å². The van der Waals surface area contributed by atoms with Crippen LogP contribution in [0.15, 0.2) is 141 Å². The molecule has 654 valence electrons. The Morgan fingerprint density at radius 1 is 0.322 bits per heavy atom. The molecule has 0 amide bonds. The van der Waals surface area contributed by atoms with Crippen molar-refractivity contribution in [1.82, 2.24) is 0 Å². The van der Waals surface area contributed by atoms with Crippen LogP contribution in [0.5, 0.6) is 11.5 Å². The molecule has 0 fully saturated rings. The summed E-state index contributed by atoms with van der Waals surface area (Å²) in [4.78, 5) is 119. The van der Waals surface area contributed by atoms with Crippen LogP contribution in [0.25, 0.3) is 0 Å². The van der Waals surface area contributed by atoms with Crippen molar-refractivity contribution < 1.29 is 110 Å². The first-order valence-electron chi connectivity index (χ1n) is 39.3. The minimum Gasteiger partial charge on any atom is -0.497 e. The largest absolute Gasteiger partial charge is 0.497 e. The van der Waals surface area contributed by atoms with Gasteiger partial charge in [-0.15, -0.1) is 0 Å². The van der Waals surface area contributed by atoms with Gasteiger partial charge in [-0.25, -0.2) is 0 Å². The maximum Gasteiger partial charge on any atom is 0.313 e. The molecule has 0 spiro atoms. The second-order valence-electron chi connectivity index (χ2n) is 30.0. The van der Waals surface area contributed by atoms with Crippen molar-refractivity contribution in [3.05, 3.63) is 157 Å². The Kier molecular flexibility index (Phi) is 74.3. The van der Waals surface area contributed by atoms with E-state index >= 15 is 0 Å². The molecular formula is C92H148O23. The van der Waals surface area contributed by atoms with E-state index in [1.165, 1.54) is 7.11 Å². The van der Waals surface area contributed by atoms with Gasteiger partial charge in [0, 0.05) is 0 Å². The van der Waals surface area contributed by atoms with Gasteiger partial charge < -0.3 is 56.8 Å². The molecule has 0 aromatic heterocycles. The number of rotatable bonds is 27. The van der Waals surface area contributed by atoms with E-state index < -0.39 is 5.60 Å². The van der Waals surface area contributed by atoms with Crippen LogP contribution >= 0.6 is 0 Å². The summed E-state index contributed by atoms with van der Waals surface area (Å²) >= 11 is 0. The Morgan fingerprint density at radius 2 is 0.600 bits per heavy atom. The highest BCUT2D eigenvalue weighted by molar-refractivity contribution is 5.76. The van der Waals surface area contributed by atoms with E-state index in [2.05, 4.69) is 27.4 Å². The third-order valence-corrected chi connectivity index (χ3v) is 13.0. The normalized spacial score (nSPS) is 10.1. The van der Waals surface area contributed by atoms with Gasteiger partial charge in [-0.1, -0.05) is 269 Å². The number of esters is 11. The number of para-hydroxylation sites is 1. The molecule has 4 aromatic rings. The van der Waals surface area contributed by atoms with Crippen LogP contribution in [0, 0.1) is 65.1 Å².